The largest absolute Gasteiger partial charge is 0.493 e. The molecule has 5 nitrogen and oxygen atoms in total. The number of hydrogen-bond acceptors (Lipinski definition) is 4. The highest BCUT2D eigenvalue weighted by molar-refractivity contribution is 5.56. The van der Waals surface area contributed by atoms with Crippen molar-refractivity contribution in [1.82, 2.24) is 14.8 Å². The second-order valence-corrected chi connectivity index (χ2v) is 4.51. The molecule has 0 aliphatic carbocycles. The Morgan fingerprint density at radius 1 is 1.42 bits per heavy atom. The van der Waals surface area contributed by atoms with Gasteiger partial charge in [-0.3, -0.25) is 9.67 Å². The van der Waals surface area contributed by atoms with Crippen LogP contribution in [0.1, 0.15) is 23.9 Å². The minimum Gasteiger partial charge on any atom is -0.493 e. The molecule has 19 heavy (non-hydrogen) atoms. The number of hydrogen-bond donors (Lipinski definition) is 1. The molecule has 0 atom stereocenters. The van der Waals surface area contributed by atoms with E-state index in [0.717, 1.165) is 35.8 Å². The molecule has 0 spiro atoms. The van der Waals surface area contributed by atoms with Gasteiger partial charge in [-0.1, -0.05) is 6.92 Å². The summed E-state index contributed by atoms with van der Waals surface area (Å²) in [4.78, 5) is 4.22. The van der Waals surface area contributed by atoms with Gasteiger partial charge in [0.2, 0.25) is 0 Å². The molecular formula is C14H20N4O. The van der Waals surface area contributed by atoms with Gasteiger partial charge in [-0.15, -0.1) is 0 Å². The SMILES string of the molecule is CCc1nn(C)cc1CNc1cc(C)ncc1OC. The van der Waals surface area contributed by atoms with Crippen molar-refractivity contribution in [1.29, 1.82) is 0 Å². The van der Waals surface area contributed by atoms with Crippen molar-refractivity contribution in [3.8, 4) is 5.75 Å². The molecule has 0 amide bonds. The number of anilines is 1. The number of nitrogens with zero attached hydrogens (tertiary/aromatic N) is 3. The molecule has 0 radical (unpaired) electrons. The summed E-state index contributed by atoms with van der Waals surface area (Å²) in [5.41, 5.74) is 4.26. The first-order valence-electron chi connectivity index (χ1n) is 6.40. The molecule has 0 bridgehead atoms. The fourth-order valence-corrected chi connectivity index (χ4v) is 2.07. The molecule has 0 aliphatic heterocycles. The Balaban J connectivity index is 2.15. The predicted octanol–water partition coefficient (Wildman–Crippen LogP) is 2.31. The Hall–Kier alpha value is -2.04. The summed E-state index contributed by atoms with van der Waals surface area (Å²) < 4.78 is 7.16. The number of aryl methyl sites for hydroxylation is 3. The second-order valence-electron chi connectivity index (χ2n) is 4.51. The van der Waals surface area contributed by atoms with Crippen molar-refractivity contribution in [2.24, 2.45) is 7.05 Å². The molecule has 0 saturated carbocycles. The lowest BCUT2D eigenvalue weighted by Crippen LogP contribution is -2.03. The average Bonchev–Trinajstić information content (AvgIpc) is 2.77. The maximum absolute atomic E-state index is 5.30. The van der Waals surface area contributed by atoms with E-state index in [1.807, 2.05) is 30.9 Å². The number of pyridine rings is 1. The highest BCUT2D eigenvalue weighted by Crippen LogP contribution is 2.24. The summed E-state index contributed by atoms with van der Waals surface area (Å²) in [5.74, 6) is 0.757. The summed E-state index contributed by atoms with van der Waals surface area (Å²) in [6.45, 7) is 4.81. The molecule has 0 unspecified atom stereocenters. The van der Waals surface area contributed by atoms with Crippen LogP contribution in [0.5, 0.6) is 5.75 Å². The van der Waals surface area contributed by atoms with E-state index in [0.29, 0.717) is 0 Å². The Kier molecular flexibility index (Phi) is 4.04. The molecule has 0 aliphatic rings. The second kappa shape index (κ2) is 5.73. The number of aromatic nitrogens is 3. The Morgan fingerprint density at radius 3 is 2.89 bits per heavy atom. The van der Waals surface area contributed by atoms with Crippen LogP contribution >= 0.6 is 0 Å². The molecule has 2 aromatic heterocycles. The van der Waals surface area contributed by atoms with Crippen LogP contribution in [0.25, 0.3) is 0 Å². The maximum atomic E-state index is 5.30. The van der Waals surface area contributed by atoms with Crippen molar-refractivity contribution in [3.63, 3.8) is 0 Å². The van der Waals surface area contributed by atoms with E-state index in [9.17, 15) is 0 Å². The third-order valence-electron chi connectivity index (χ3n) is 3.02. The van der Waals surface area contributed by atoms with E-state index in [2.05, 4.69) is 22.3 Å². The highest BCUT2D eigenvalue weighted by atomic mass is 16.5. The number of rotatable bonds is 5. The summed E-state index contributed by atoms with van der Waals surface area (Å²) in [7, 11) is 3.60. The van der Waals surface area contributed by atoms with Crippen molar-refractivity contribution in [2.75, 3.05) is 12.4 Å². The zero-order valence-corrected chi connectivity index (χ0v) is 11.9. The van der Waals surface area contributed by atoms with Gasteiger partial charge in [-0.25, -0.2) is 0 Å². The quantitative estimate of drug-likeness (QED) is 0.896. The lowest BCUT2D eigenvalue weighted by Gasteiger charge is -2.11. The van der Waals surface area contributed by atoms with Crippen molar-refractivity contribution < 1.29 is 4.74 Å². The average molecular weight is 260 g/mol. The fourth-order valence-electron chi connectivity index (χ4n) is 2.07. The zero-order chi connectivity index (χ0) is 13.8. The Morgan fingerprint density at radius 2 is 2.21 bits per heavy atom. The fraction of sp³-hybridized carbons (Fsp3) is 0.429. The van der Waals surface area contributed by atoms with Crippen LogP contribution in [0.15, 0.2) is 18.5 Å². The minimum atomic E-state index is 0.733. The normalized spacial score (nSPS) is 10.5. The van der Waals surface area contributed by atoms with Gasteiger partial charge in [0.1, 0.15) is 0 Å². The van der Waals surface area contributed by atoms with Gasteiger partial charge in [0.05, 0.1) is 24.7 Å². The monoisotopic (exact) mass is 260 g/mol. The zero-order valence-electron chi connectivity index (χ0n) is 11.9. The molecule has 102 valence electrons. The Bertz CT molecular complexity index is 563. The van der Waals surface area contributed by atoms with Crippen LogP contribution in [0, 0.1) is 6.92 Å². The van der Waals surface area contributed by atoms with Crippen molar-refractivity contribution in [3.05, 3.63) is 35.4 Å². The van der Waals surface area contributed by atoms with Crippen molar-refractivity contribution in [2.45, 2.75) is 26.8 Å². The van der Waals surface area contributed by atoms with E-state index in [1.165, 1.54) is 5.56 Å². The van der Waals surface area contributed by atoms with Crippen LogP contribution in [-0.2, 0) is 20.0 Å². The molecule has 0 aromatic carbocycles. The first-order valence-corrected chi connectivity index (χ1v) is 6.40. The Labute approximate surface area is 113 Å². The molecule has 2 heterocycles. The maximum Gasteiger partial charge on any atom is 0.160 e. The van der Waals surface area contributed by atoms with Gasteiger partial charge in [0.25, 0.3) is 0 Å². The number of ether oxygens (including phenoxy) is 1. The highest BCUT2D eigenvalue weighted by Gasteiger charge is 2.08. The van der Waals surface area contributed by atoms with Gasteiger partial charge >= 0.3 is 0 Å². The van der Waals surface area contributed by atoms with E-state index in [-0.39, 0.29) is 0 Å². The molecule has 2 rings (SSSR count). The van der Waals surface area contributed by atoms with Gasteiger partial charge in [-0.2, -0.15) is 5.10 Å². The molecular weight excluding hydrogens is 240 g/mol. The van der Waals surface area contributed by atoms with Crippen LogP contribution in [0.3, 0.4) is 0 Å². The smallest absolute Gasteiger partial charge is 0.160 e. The standard InChI is InChI=1S/C14H20N4O/c1-5-12-11(9-18(3)17-12)7-16-13-6-10(2)15-8-14(13)19-4/h6,8-9H,5,7H2,1-4H3,(H,15,16). The third-order valence-corrected chi connectivity index (χ3v) is 3.02. The van der Waals surface area contributed by atoms with Gasteiger partial charge in [0, 0.05) is 31.0 Å². The molecule has 0 saturated heterocycles. The topological polar surface area (TPSA) is 52.0 Å². The summed E-state index contributed by atoms with van der Waals surface area (Å²) in [5, 5.41) is 7.83. The van der Waals surface area contributed by atoms with Crippen LogP contribution in [-0.4, -0.2) is 21.9 Å². The molecule has 1 N–H and O–H groups in total. The van der Waals surface area contributed by atoms with Gasteiger partial charge < -0.3 is 10.1 Å². The van der Waals surface area contributed by atoms with Crippen LogP contribution in [0.2, 0.25) is 0 Å². The summed E-state index contributed by atoms with van der Waals surface area (Å²) in [6, 6.07) is 1.99. The lowest BCUT2D eigenvalue weighted by atomic mass is 10.2. The van der Waals surface area contributed by atoms with Crippen molar-refractivity contribution >= 4 is 5.69 Å². The van der Waals surface area contributed by atoms with E-state index in [1.54, 1.807) is 13.3 Å². The summed E-state index contributed by atoms with van der Waals surface area (Å²) >= 11 is 0. The first kappa shape index (κ1) is 13.4. The third kappa shape index (κ3) is 3.05. The van der Waals surface area contributed by atoms with Crippen LogP contribution in [0.4, 0.5) is 5.69 Å². The van der Waals surface area contributed by atoms with E-state index in [4.69, 9.17) is 4.74 Å². The van der Waals surface area contributed by atoms with E-state index < -0.39 is 0 Å². The first-order chi connectivity index (χ1) is 9.13. The molecule has 5 heteroatoms. The number of nitrogens with one attached hydrogen (secondary N) is 1. The van der Waals surface area contributed by atoms with Crippen LogP contribution < -0.4 is 10.1 Å². The van der Waals surface area contributed by atoms with E-state index >= 15 is 0 Å². The number of methoxy groups -OCH3 is 1. The lowest BCUT2D eigenvalue weighted by molar-refractivity contribution is 0.414. The molecule has 2 aromatic rings. The summed E-state index contributed by atoms with van der Waals surface area (Å²) in [6.07, 6.45) is 4.72. The minimum absolute atomic E-state index is 0.733. The predicted molar refractivity (Wildman–Crippen MR) is 75.4 cm³/mol. The van der Waals surface area contributed by atoms with Gasteiger partial charge in [-0.05, 0) is 19.4 Å². The van der Waals surface area contributed by atoms with Gasteiger partial charge in [0.15, 0.2) is 5.75 Å². The molecule has 0 fully saturated rings.